The van der Waals surface area contributed by atoms with Crippen molar-refractivity contribution < 1.29 is 18.0 Å². The summed E-state index contributed by atoms with van der Waals surface area (Å²) in [6.07, 6.45) is 1.21. The van der Waals surface area contributed by atoms with Crippen LogP contribution in [0.2, 0.25) is 0 Å². The van der Waals surface area contributed by atoms with Crippen LogP contribution in [-0.2, 0) is 19.6 Å². The molecule has 154 valence electrons. The molecule has 7 heteroatoms. The predicted octanol–water partition coefficient (Wildman–Crippen LogP) is 3.83. The van der Waals surface area contributed by atoms with E-state index in [9.17, 15) is 18.0 Å². The summed E-state index contributed by atoms with van der Waals surface area (Å²) < 4.78 is 26.7. The van der Waals surface area contributed by atoms with E-state index < -0.39 is 27.9 Å². The molecule has 1 N–H and O–H groups in total. The lowest BCUT2D eigenvalue weighted by molar-refractivity contribution is -0.128. The van der Waals surface area contributed by atoms with Crippen LogP contribution in [0.4, 0.5) is 5.69 Å². The van der Waals surface area contributed by atoms with Gasteiger partial charge in [-0.05, 0) is 55.5 Å². The first-order valence-electron chi connectivity index (χ1n) is 9.78. The average Bonchev–Trinajstić information content (AvgIpc) is 3.10. The molecule has 0 unspecified atom stereocenters. The molecule has 29 heavy (non-hydrogen) atoms. The maximum Gasteiger partial charge on any atom is 0.267 e. The summed E-state index contributed by atoms with van der Waals surface area (Å²) in [5.74, 6) is -0.636. The predicted molar refractivity (Wildman–Crippen MR) is 112 cm³/mol. The van der Waals surface area contributed by atoms with Gasteiger partial charge in [-0.1, -0.05) is 43.7 Å². The molecule has 6 nitrogen and oxygen atoms in total. The topological polar surface area (TPSA) is 83.6 Å². The van der Waals surface area contributed by atoms with Gasteiger partial charge in [-0.2, -0.15) is 0 Å². The third-order valence-electron chi connectivity index (χ3n) is 5.40. The molecule has 0 aliphatic carbocycles. The van der Waals surface area contributed by atoms with Crippen molar-refractivity contribution >= 4 is 27.5 Å². The van der Waals surface area contributed by atoms with Gasteiger partial charge < -0.3 is 5.32 Å². The van der Waals surface area contributed by atoms with Gasteiger partial charge in [-0.15, -0.1) is 0 Å². The fourth-order valence-electron chi connectivity index (χ4n) is 3.38. The molecule has 1 heterocycles. The van der Waals surface area contributed by atoms with E-state index in [0.29, 0.717) is 11.6 Å². The SMILES string of the molecule is CC[C@@H](C)c1ccc(NC(=O)[C@H]2CCC(=O)N2S(=O)(=O)c2ccc(C)cc2)cc1. The van der Waals surface area contributed by atoms with Gasteiger partial charge in [0.05, 0.1) is 4.90 Å². The number of aryl methyl sites for hydroxylation is 1. The highest BCUT2D eigenvalue weighted by Gasteiger charge is 2.44. The normalized spacial score (nSPS) is 18.0. The van der Waals surface area contributed by atoms with E-state index in [1.54, 1.807) is 24.3 Å². The largest absolute Gasteiger partial charge is 0.324 e. The summed E-state index contributed by atoms with van der Waals surface area (Å²) in [5.41, 5.74) is 2.66. The van der Waals surface area contributed by atoms with Crippen molar-refractivity contribution in [2.45, 2.75) is 56.9 Å². The van der Waals surface area contributed by atoms with Crippen molar-refractivity contribution in [1.29, 1.82) is 0 Å². The Hall–Kier alpha value is -2.67. The number of nitrogens with one attached hydrogen (secondary N) is 1. The Morgan fingerprint density at radius 2 is 1.76 bits per heavy atom. The van der Waals surface area contributed by atoms with Gasteiger partial charge in [0.15, 0.2) is 0 Å². The monoisotopic (exact) mass is 414 g/mol. The molecule has 1 fully saturated rings. The van der Waals surface area contributed by atoms with Crippen LogP contribution in [0.25, 0.3) is 0 Å². The number of benzene rings is 2. The maximum absolute atomic E-state index is 13.0. The van der Waals surface area contributed by atoms with Gasteiger partial charge in [-0.25, -0.2) is 12.7 Å². The van der Waals surface area contributed by atoms with Crippen LogP contribution in [-0.4, -0.2) is 30.6 Å². The zero-order valence-corrected chi connectivity index (χ0v) is 17.7. The fourth-order valence-corrected chi connectivity index (χ4v) is 4.98. The maximum atomic E-state index is 13.0. The second kappa shape index (κ2) is 8.37. The van der Waals surface area contributed by atoms with E-state index >= 15 is 0 Å². The quantitative estimate of drug-likeness (QED) is 0.779. The van der Waals surface area contributed by atoms with Gasteiger partial charge in [0.25, 0.3) is 10.0 Å². The van der Waals surface area contributed by atoms with Crippen molar-refractivity contribution in [2.75, 3.05) is 5.32 Å². The Morgan fingerprint density at radius 1 is 1.14 bits per heavy atom. The van der Waals surface area contributed by atoms with Gasteiger partial charge in [0.1, 0.15) is 6.04 Å². The number of nitrogens with zero attached hydrogens (tertiary/aromatic N) is 1. The minimum absolute atomic E-state index is 0.00839. The number of amides is 2. The van der Waals surface area contributed by atoms with Crippen LogP contribution in [0.15, 0.2) is 53.4 Å². The standard InChI is InChI=1S/C22H26N2O4S/c1-4-16(3)17-7-9-18(10-8-17)23-22(26)20-13-14-21(25)24(20)29(27,28)19-11-5-15(2)6-12-19/h5-12,16,20H,4,13-14H2,1-3H3,(H,23,26)/t16-,20-/m1/s1. The van der Waals surface area contributed by atoms with E-state index in [1.807, 2.05) is 19.1 Å². The lowest BCUT2D eigenvalue weighted by Crippen LogP contribution is -2.45. The first-order chi connectivity index (χ1) is 13.7. The summed E-state index contributed by atoms with van der Waals surface area (Å²) in [5, 5.41) is 2.75. The lowest BCUT2D eigenvalue weighted by Gasteiger charge is -2.24. The number of hydrogen-bond acceptors (Lipinski definition) is 4. The summed E-state index contributed by atoms with van der Waals surface area (Å²) in [6.45, 7) is 6.09. The summed E-state index contributed by atoms with van der Waals surface area (Å²) >= 11 is 0. The Bertz CT molecular complexity index is 998. The zero-order chi connectivity index (χ0) is 21.2. The molecule has 1 aliphatic rings. The molecule has 0 bridgehead atoms. The summed E-state index contributed by atoms with van der Waals surface area (Å²) in [7, 11) is -4.09. The molecule has 3 rings (SSSR count). The van der Waals surface area contributed by atoms with E-state index in [-0.39, 0.29) is 17.7 Å². The highest BCUT2D eigenvalue weighted by molar-refractivity contribution is 7.89. The van der Waals surface area contributed by atoms with Crippen molar-refractivity contribution in [3.8, 4) is 0 Å². The molecule has 2 amide bonds. The number of rotatable bonds is 6. The Morgan fingerprint density at radius 3 is 2.34 bits per heavy atom. The van der Waals surface area contributed by atoms with Crippen LogP contribution in [0.5, 0.6) is 0 Å². The van der Waals surface area contributed by atoms with Gasteiger partial charge in [0, 0.05) is 12.1 Å². The van der Waals surface area contributed by atoms with Crippen molar-refractivity contribution in [2.24, 2.45) is 0 Å². The molecule has 0 radical (unpaired) electrons. The van der Waals surface area contributed by atoms with Gasteiger partial charge in [-0.3, -0.25) is 9.59 Å². The van der Waals surface area contributed by atoms with Gasteiger partial charge in [0.2, 0.25) is 11.8 Å². The van der Waals surface area contributed by atoms with Crippen LogP contribution < -0.4 is 5.32 Å². The van der Waals surface area contributed by atoms with Gasteiger partial charge >= 0.3 is 0 Å². The second-order valence-electron chi connectivity index (χ2n) is 7.48. The van der Waals surface area contributed by atoms with Crippen LogP contribution in [0.1, 0.15) is 50.2 Å². The second-order valence-corrected chi connectivity index (χ2v) is 9.30. The first kappa shape index (κ1) is 21.0. The van der Waals surface area contributed by atoms with Crippen LogP contribution in [0, 0.1) is 6.92 Å². The van der Waals surface area contributed by atoms with E-state index in [2.05, 4.69) is 19.2 Å². The van der Waals surface area contributed by atoms with E-state index in [1.165, 1.54) is 17.7 Å². The molecule has 2 aromatic carbocycles. The molecule has 0 saturated carbocycles. The van der Waals surface area contributed by atoms with E-state index in [0.717, 1.165) is 16.3 Å². The summed E-state index contributed by atoms with van der Waals surface area (Å²) in [6, 6.07) is 12.7. The minimum Gasteiger partial charge on any atom is -0.324 e. The highest BCUT2D eigenvalue weighted by Crippen LogP contribution is 2.28. The number of sulfonamides is 1. The number of carbonyl (C=O) groups excluding carboxylic acids is 2. The third kappa shape index (κ3) is 4.34. The molecule has 2 atom stereocenters. The molecular weight excluding hydrogens is 388 g/mol. The van der Waals surface area contributed by atoms with Crippen LogP contribution in [0.3, 0.4) is 0 Å². The van der Waals surface area contributed by atoms with Crippen molar-refractivity contribution in [1.82, 2.24) is 4.31 Å². The third-order valence-corrected chi connectivity index (χ3v) is 7.24. The molecule has 1 aliphatic heterocycles. The lowest BCUT2D eigenvalue weighted by atomic mass is 9.98. The number of hydrogen-bond donors (Lipinski definition) is 1. The highest BCUT2D eigenvalue weighted by atomic mass is 32.2. The molecule has 0 aromatic heterocycles. The fraction of sp³-hybridized carbons (Fsp3) is 0.364. The van der Waals surface area contributed by atoms with Crippen molar-refractivity contribution in [3.05, 3.63) is 59.7 Å². The van der Waals surface area contributed by atoms with E-state index in [4.69, 9.17) is 0 Å². The number of carbonyl (C=O) groups is 2. The molecule has 2 aromatic rings. The molecule has 1 saturated heterocycles. The summed E-state index contributed by atoms with van der Waals surface area (Å²) in [4.78, 5) is 25.2. The number of anilines is 1. The van der Waals surface area contributed by atoms with Crippen molar-refractivity contribution in [3.63, 3.8) is 0 Å². The average molecular weight is 415 g/mol. The Kier molecular flexibility index (Phi) is 6.07. The Labute approximate surface area is 172 Å². The molecular formula is C22H26N2O4S. The molecule has 0 spiro atoms. The van der Waals surface area contributed by atoms with Crippen LogP contribution >= 0.6 is 0 Å². The zero-order valence-electron chi connectivity index (χ0n) is 16.9. The Balaban J connectivity index is 1.81. The first-order valence-corrected chi connectivity index (χ1v) is 11.2. The minimum atomic E-state index is -4.09. The smallest absolute Gasteiger partial charge is 0.267 e.